The lowest BCUT2D eigenvalue weighted by Gasteiger charge is -2.01. The second-order valence-corrected chi connectivity index (χ2v) is 4.46. The van der Waals surface area contributed by atoms with Crippen LogP contribution in [0.15, 0.2) is 22.7 Å². The van der Waals surface area contributed by atoms with Crippen LogP contribution in [-0.4, -0.2) is 37.1 Å². The number of anilines is 1. The molecule has 0 aliphatic heterocycles. The Morgan fingerprint density at radius 3 is 2.90 bits per heavy atom. The maximum Gasteiger partial charge on any atom is 0.260 e. The highest BCUT2D eigenvalue weighted by atomic mass is 16.5. The van der Waals surface area contributed by atoms with E-state index in [4.69, 9.17) is 19.7 Å². The van der Waals surface area contributed by atoms with Crippen LogP contribution in [0.25, 0.3) is 11.5 Å². The van der Waals surface area contributed by atoms with Crippen molar-refractivity contribution in [2.24, 2.45) is 0 Å². The summed E-state index contributed by atoms with van der Waals surface area (Å²) in [5.74, 6) is 1.05. The summed E-state index contributed by atoms with van der Waals surface area (Å²) in [6.07, 6.45) is 0.596. The molecule has 0 saturated carbocycles. The monoisotopic (exact) mass is 277 g/mol. The van der Waals surface area contributed by atoms with Crippen molar-refractivity contribution in [2.75, 3.05) is 32.7 Å². The number of benzene rings is 1. The van der Waals surface area contributed by atoms with Crippen LogP contribution < -0.4 is 5.73 Å². The van der Waals surface area contributed by atoms with Gasteiger partial charge in [-0.3, -0.25) is 0 Å². The number of aromatic nitrogens is 2. The van der Waals surface area contributed by atoms with Crippen LogP contribution in [0.5, 0.6) is 0 Å². The molecule has 0 aliphatic carbocycles. The van der Waals surface area contributed by atoms with Gasteiger partial charge in [0.05, 0.1) is 25.4 Å². The molecule has 0 unspecified atom stereocenters. The molecule has 0 saturated heterocycles. The predicted octanol–water partition coefficient (Wildman–Crippen LogP) is 1.83. The zero-order chi connectivity index (χ0) is 14.4. The van der Waals surface area contributed by atoms with Gasteiger partial charge in [0, 0.05) is 19.2 Å². The van der Waals surface area contributed by atoms with Crippen LogP contribution in [0.4, 0.5) is 5.69 Å². The number of hydrogen-bond acceptors (Lipinski definition) is 6. The van der Waals surface area contributed by atoms with Crippen LogP contribution in [0.2, 0.25) is 0 Å². The molecule has 0 spiro atoms. The summed E-state index contributed by atoms with van der Waals surface area (Å²) in [5, 5.41) is 3.93. The van der Waals surface area contributed by atoms with Crippen molar-refractivity contribution in [3.63, 3.8) is 0 Å². The third-order valence-corrected chi connectivity index (χ3v) is 2.81. The van der Waals surface area contributed by atoms with E-state index >= 15 is 0 Å². The lowest BCUT2D eigenvalue weighted by Crippen LogP contribution is -2.05. The quantitative estimate of drug-likeness (QED) is 0.614. The second kappa shape index (κ2) is 7.02. The van der Waals surface area contributed by atoms with Crippen molar-refractivity contribution in [2.45, 2.75) is 13.3 Å². The molecule has 20 heavy (non-hydrogen) atoms. The van der Waals surface area contributed by atoms with E-state index in [1.807, 2.05) is 25.1 Å². The molecular weight excluding hydrogens is 258 g/mol. The molecular formula is C14H19N3O3. The molecule has 6 nitrogen and oxygen atoms in total. The Labute approximate surface area is 117 Å². The van der Waals surface area contributed by atoms with Gasteiger partial charge in [-0.1, -0.05) is 16.8 Å². The predicted molar refractivity (Wildman–Crippen MR) is 75.3 cm³/mol. The third kappa shape index (κ3) is 3.79. The van der Waals surface area contributed by atoms with E-state index in [9.17, 15) is 0 Å². The maximum absolute atomic E-state index is 5.92. The van der Waals surface area contributed by atoms with E-state index < -0.39 is 0 Å². The van der Waals surface area contributed by atoms with E-state index in [1.54, 1.807) is 7.11 Å². The molecule has 0 radical (unpaired) electrons. The third-order valence-electron chi connectivity index (χ3n) is 2.81. The highest BCUT2D eigenvalue weighted by molar-refractivity contribution is 5.70. The normalized spacial score (nSPS) is 10.9. The number of nitrogens with two attached hydrogens (primary N) is 1. The molecule has 0 atom stereocenters. The SMILES string of the molecule is COCCOCCc1noc(-c2cc(C)ccc2N)n1. The van der Waals surface area contributed by atoms with Crippen molar-refractivity contribution in [3.8, 4) is 11.5 Å². The molecule has 2 rings (SSSR count). The number of nitrogen functional groups attached to an aromatic ring is 1. The van der Waals surface area contributed by atoms with E-state index in [0.29, 0.717) is 43.6 Å². The largest absolute Gasteiger partial charge is 0.398 e. The van der Waals surface area contributed by atoms with Gasteiger partial charge < -0.3 is 19.7 Å². The number of hydrogen-bond donors (Lipinski definition) is 1. The fraction of sp³-hybridized carbons (Fsp3) is 0.429. The Bertz CT molecular complexity index is 554. The summed E-state index contributed by atoms with van der Waals surface area (Å²) in [6.45, 7) is 3.67. The zero-order valence-corrected chi connectivity index (χ0v) is 11.8. The van der Waals surface area contributed by atoms with Gasteiger partial charge in [0.15, 0.2) is 5.82 Å². The number of rotatable bonds is 7. The first-order valence-electron chi connectivity index (χ1n) is 6.46. The summed E-state index contributed by atoms with van der Waals surface area (Å²) in [5.41, 5.74) is 8.41. The molecule has 0 amide bonds. The van der Waals surface area contributed by atoms with Crippen LogP contribution >= 0.6 is 0 Å². The van der Waals surface area contributed by atoms with E-state index in [2.05, 4.69) is 10.1 Å². The van der Waals surface area contributed by atoms with Crippen LogP contribution in [0.1, 0.15) is 11.4 Å². The molecule has 6 heteroatoms. The van der Waals surface area contributed by atoms with E-state index in [-0.39, 0.29) is 0 Å². The van der Waals surface area contributed by atoms with Gasteiger partial charge in [0.2, 0.25) is 0 Å². The molecule has 1 aromatic carbocycles. The Kier molecular flexibility index (Phi) is 5.09. The molecule has 1 heterocycles. The van der Waals surface area contributed by atoms with E-state index in [0.717, 1.165) is 11.1 Å². The molecule has 2 N–H and O–H groups in total. The highest BCUT2D eigenvalue weighted by Crippen LogP contribution is 2.25. The Morgan fingerprint density at radius 1 is 1.25 bits per heavy atom. The van der Waals surface area contributed by atoms with Crippen LogP contribution in [0, 0.1) is 6.92 Å². The van der Waals surface area contributed by atoms with Gasteiger partial charge in [-0.15, -0.1) is 0 Å². The molecule has 1 aromatic heterocycles. The van der Waals surface area contributed by atoms with Gasteiger partial charge in [0.1, 0.15) is 0 Å². The molecule has 0 aliphatic rings. The van der Waals surface area contributed by atoms with Crippen molar-refractivity contribution < 1.29 is 14.0 Å². The van der Waals surface area contributed by atoms with Gasteiger partial charge in [-0.2, -0.15) is 4.98 Å². The van der Waals surface area contributed by atoms with Crippen molar-refractivity contribution in [1.29, 1.82) is 0 Å². The number of methoxy groups -OCH3 is 1. The van der Waals surface area contributed by atoms with Gasteiger partial charge in [-0.25, -0.2) is 0 Å². The first-order chi connectivity index (χ1) is 9.70. The van der Waals surface area contributed by atoms with Crippen LogP contribution in [0.3, 0.4) is 0 Å². The summed E-state index contributed by atoms with van der Waals surface area (Å²) >= 11 is 0. The Morgan fingerprint density at radius 2 is 2.10 bits per heavy atom. The Hall–Kier alpha value is -1.92. The minimum absolute atomic E-state index is 0.443. The second-order valence-electron chi connectivity index (χ2n) is 4.46. The van der Waals surface area contributed by atoms with Crippen molar-refractivity contribution in [1.82, 2.24) is 10.1 Å². The van der Waals surface area contributed by atoms with E-state index in [1.165, 1.54) is 0 Å². The first-order valence-corrected chi connectivity index (χ1v) is 6.46. The van der Waals surface area contributed by atoms with Gasteiger partial charge >= 0.3 is 0 Å². The lowest BCUT2D eigenvalue weighted by atomic mass is 10.1. The van der Waals surface area contributed by atoms with Gasteiger partial charge in [-0.05, 0) is 19.1 Å². The molecule has 0 fully saturated rings. The maximum atomic E-state index is 5.92. The number of nitrogens with zero attached hydrogens (tertiary/aromatic N) is 2. The zero-order valence-electron chi connectivity index (χ0n) is 11.8. The summed E-state index contributed by atoms with van der Waals surface area (Å²) < 4.78 is 15.5. The summed E-state index contributed by atoms with van der Waals surface area (Å²) in [6, 6.07) is 5.71. The summed E-state index contributed by atoms with van der Waals surface area (Å²) in [4.78, 5) is 4.33. The Balaban J connectivity index is 1.96. The summed E-state index contributed by atoms with van der Waals surface area (Å²) in [7, 11) is 1.64. The van der Waals surface area contributed by atoms with Gasteiger partial charge in [0.25, 0.3) is 5.89 Å². The highest BCUT2D eigenvalue weighted by Gasteiger charge is 2.11. The average Bonchev–Trinajstić information content (AvgIpc) is 2.90. The minimum atomic E-state index is 0.443. The fourth-order valence-corrected chi connectivity index (χ4v) is 1.73. The average molecular weight is 277 g/mol. The number of ether oxygens (including phenoxy) is 2. The molecule has 2 aromatic rings. The smallest absolute Gasteiger partial charge is 0.260 e. The molecule has 108 valence electrons. The minimum Gasteiger partial charge on any atom is -0.398 e. The standard InChI is InChI=1S/C14H19N3O3/c1-10-3-4-12(15)11(9-10)14-16-13(17-20-14)5-6-19-8-7-18-2/h3-4,9H,5-8,15H2,1-2H3. The number of aryl methyl sites for hydroxylation is 1. The topological polar surface area (TPSA) is 83.4 Å². The first kappa shape index (κ1) is 14.5. The van der Waals surface area contributed by atoms with Crippen molar-refractivity contribution >= 4 is 5.69 Å². The fourth-order valence-electron chi connectivity index (χ4n) is 1.73. The molecule has 0 bridgehead atoms. The lowest BCUT2D eigenvalue weighted by molar-refractivity contribution is 0.0714. The van der Waals surface area contributed by atoms with Crippen molar-refractivity contribution in [3.05, 3.63) is 29.6 Å². The van der Waals surface area contributed by atoms with Crippen LogP contribution in [-0.2, 0) is 15.9 Å².